The van der Waals surface area contributed by atoms with Gasteiger partial charge in [-0.05, 0) is 37.1 Å². The molecule has 0 radical (unpaired) electrons. The number of rotatable bonds is 10. The summed E-state index contributed by atoms with van der Waals surface area (Å²) in [5.74, 6) is -2.48. The van der Waals surface area contributed by atoms with E-state index >= 15 is 4.39 Å². The Kier molecular flexibility index (Phi) is 9.33. The fraction of sp³-hybridized carbons (Fsp3) is 0.312. The number of methoxy groups -OCH3 is 1. The Balaban J connectivity index is 2.01. The molecule has 0 spiro atoms. The fourth-order valence-electron chi connectivity index (χ4n) is 5.22. The van der Waals surface area contributed by atoms with Gasteiger partial charge in [-0.3, -0.25) is 13.9 Å². The molecule has 1 unspecified atom stereocenters. The lowest BCUT2D eigenvalue weighted by molar-refractivity contribution is -0.138. The second kappa shape index (κ2) is 12.8. The molecule has 0 saturated carbocycles. The van der Waals surface area contributed by atoms with Crippen LogP contribution >= 0.6 is 0 Å². The van der Waals surface area contributed by atoms with Crippen LogP contribution in [0.3, 0.4) is 0 Å². The summed E-state index contributed by atoms with van der Waals surface area (Å²) in [6.45, 7) is 2.41. The molecule has 1 atom stereocenters. The van der Waals surface area contributed by atoms with E-state index in [0.29, 0.717) is 6.42 Å². The number of benzene rings is 3. The minimum atomic E-state index is -4.90. The van der Waals surface area contributed by atoms with Gasteiger partial charge in [0, 0.05) is 29.3 Å². The van der Waals surface area contributed by atoms with Gasteiger partial charge in [0.1, 0.15) is 5.82 Å². The molecule has 4 aromatic rings. The van der Waals surface area contributed by atoms with Crippen LogP contribution in [-0.4, -0.2) is 16.2 Å². The normalized spacial score (nSPS) is 12.4. The largest absolute Gasteiger partial charge is 0.494 e. The van der Waals surface area contributed by atoms with Crippen molar-refractivity contribution in [1.82, 2.24) is 9.13 Å². The summed E-state index contributed by atoms with van der Waals surface area (Å²) in [5, 5.41) is 0. The lowest BCUT2D eigenvalue weighted by atomic mass is 9.93. The summed E-state index contributed by atoms with van der Waals surface area (Å²) < 4.78 is 78.9. The summed E-state index contributed by atoms with van der Waals surface area (Å²) in [5.41, 5.74) is -3.37. The standard InChI is InChI=1S/C32H31F5N2O3/c1-4-5-11-22(21-12-7-6-8-13-21)18-39-30(40)28(23-14-9-17-27(42-3)29(23)34)20(2)38(31(39)41)19-24-25(32(35,36)37)15-10-16-26(24)33/h6-10,12-17,22H,4-5,11,18-19H2,1-3H3. The molecule has 0 aliphatic heterocycles. The van der Waals surface area contributed by atoms with Crippen LogP contribution in [0.2, 0.25) is 0 Å². The topological polar surface area (TPSA) is 53.2 Å². The Hall–Kier alpha value is -4.21. The number of hydrogen-bond acceptors (Lipinski definition) is 3. The first kappa shape index (κ1) is 30.7. The molecule has 42 heavy (non-hydrogen) atoms. The van der Waals surface area contributed by atoms with Gasteiger partial charge in [-0.2, -0.15) is 13.2 Å². The molecule has 0 aliphatic rings. The van der Waals surface area contributed by atoms with Crippen molar-refractivity contribution >= 4 is 0 Å². The summed E-state index contributed by atoms with van der Waals surface area (Å²) in [6.07, 6.45) is -2.64. The van der Waals surface area contributed by atoms with E-state index in [1.807, 2.05) is 37.3 Å². The van der Waals surface area contributed by atoms with Crippen molar-refractivity contribution in [3.05, 3.63) is 122 Å². The second-order valence-corrected chi connectivity index (χ2v) is 10.1. The highest BCUT2D eigenvalue weighted by atomic mass is 19.4. The van der Waals surface area contributed by atoms with Gasteiger partial charge in [0.25, 0.3) is 5.56 Å². The monoisotopic (exact) mass is 586 g/mol. The number of hydrogen-bond donors (Lipinski definition) is 0. The summed E-state index contributed by atoms with van der Waals surface area (Å²) >= 11 is 0. The van der Waals surface area contributed by atoms with Crippen LogP contribution in [0.4, 0.5) is 22.0 Å². The Morgan fingerprint density at radius 1 is 0.905 bits per heavy atom. The van der Waals surface area contributed by atoms with Crippen LogP contribution in [0.5, 0.6) is 5.75 Å². The van der Waals surface area contributed by atoms with Gasteiger partial charge in [0.2, 0.25) is 0 Å². The first-order valence-electron chi connectivity index (χ1n) is 13.6. The van der Waals surface area contributed by atoms with E-state index in [4.69, 9.17) is 4.74 Å². The van der Waals surface area contributed by atoms with Crippen LogP contribution in [0.25, 0.3) is 11.1 Å². The van der Waals surface area contributed by atoms with Crippen molar-refractivity contribution in [2.45, 2.75) is 58.3 Å². The zero-order valence-corrected chi connectivity index (χ0v) is 23.5. The van der Waals surface area contributed by atoms with Crippen molar-refractivity contribution < 1.29 is 26.7 Å². The Bertz CT molecular complexity index is 1680. The van der Waals surface area contributed by atoms with Crippen molar-refractivity contribution in [2.24, 2.45) is 0 Å². The van der Waals surface area contributed by atoms with Gasteiger partial charge >= 0.3 is 11.9 Å². The predicted molar refractivity (Wildman–Crippen MR) is 151 cm³/mol. The highest BCUT2D eigenvalue weighted by Crippen LogP contribution is 2.34. The molecule has 0 bridgehead atoms. The van der Waals surface area contributed by atoms with E-state index in [9.17, 15) is 27.2 Å². The first-order chi connectivity index (χ1) is 20.0. The average molecular weight is 587 g/mol. The molecule has 0 amide bonds. The number of alkyl halides is 3. The highest BCUT2D eigenvalue weighted by molar-refractivity contribution is 5.67. The maximum atomic E-state index is 15.5. The molecule has 0 N–H and O–H groups in total. The molecule has 222 valence electrons. The summed E-state index contributed by atoms with van der Waals surface area (Å²) in [4.78, 5) is 27.9. The molecular formula is C32H31F5N2O3. The molecule has 0 fully saturated rings. The van der Waals surface area contributed by atoms with Crippen molar-refractivity contribution in [2.75, 3.05) is 7.11 Å². The molecule has 10 heteroatoms. The predicted octanol–water partition coefficient (Wildman–Crippen LogP) is 7.31. The fourth-order valence-corrected chi connectivity index (χ4v) is 5.22. The zero-order chi connectivity index (χ0) is 30.6. The number of ether oxygens (including phenoxy) is 1. The molecular weight excluding hydrogens is 555 g/mol. The average Bonchev–Trinajstić information content (AvgIpc) is 2.96. The SMILES string of the molecule is CCCCC(Cn1c(=O)c(-c2cccc(OC)c2F)c(C)n(Cc2c(F)cccc2C(F)(F)F)c1=O)c1ccccc1. The van der Waals surface area contributed by atoms with Gasteiger partial charge in [0.05, 0.1) is 24.8 Å². The van der Waals surface area contributed by atoms with E-state index in [-0.39, 0.29) is 35.0 Å². The van der Waals surface area contributed by atoms with Crippen LogP contribution in [0.15, 0.2) is 76.3 Å². The molecule has 1 heterocycles. The van der Waals surface area contributed by atoms with E-state index in [1.165, 1.54) is 32.2 Å². The van der Waals surface area contributed by atoms with Gasteiger partial charge in [-0.25, -0.2) is 13.6 Å². The Morgan fingerprint density at radius 2 is 1.60 bits per heavy atom. The van der Waals surface area contributed by atoms with Gasteiger partial charge in [0.15, 0.2) is 11.6 Å². The van der Waals surface area contributed by atoms with Crippen LogP contribution in [-0.2, 0) is 19.3 Å². The van der Waals surface area contributed by atoms with Crippen molar-refractivity contribution in [1.29, 1.82) is 0 Å². The molecule has 4 rings (SSSR count). The Labute approximate surface area is 239 Å². The minimum Gasteiger partial charge on any atom is -0.494 e. The zero-order valence-electron chi connectivity index (χ0n) is 23.5. The molecule has 0 saturated heterocycles. The number of nitrogens with zero attached hydrogens (tertiary/aromatic N) is 2. The third-order valence-electron chi connectivity index (χ3n) is 7.46. The van der Waals surface area contributed by atoms with Crippen molar-refractivity contribution in [3.63, 3.8) is 0 Å². The molecule has 0 aliphatic carbocycles. The van der Waals surface area contributed by atoms with E-state index < -0.39 is 46.7 Å². The lowest BCUT2D eigenvalue weighted by Gasteiger charge is -2.23. The van der Waals surface area contributed by atoms with Gasteiger partial charge in [-0.1, -0.05) is 68.3 Å². The third-order valence-corrected chi connectivity index (χ3v) is 7.46. The maximum Gasteiger partial charge on any atom is 0.416 e. The Morgan fingerprint density at radius 3 is 2.24 bits per heavy atom. The van der Waals surface area contributed by atoms with Crippen LogP contribution in [0.1, 0.15) is 54.5 Å². The summed E-state index contributed by atoms with van der Waals surface area (Å²) in [7, 11) is 1.25. The number of halogens is 5. The van der Waals surface area contributed by atoms with Crippen molar-refractivity contribution in [3.8, 4) is 16.9 Å². The van der Waals surface area contributed by atoms with E-state index in [1.54, 1.807) is 0 Å². The van der Waals surface area contributed by atoms with Gasteiger partial charge < -0.3 is 4.74 Å². The maximum absolute atomic E-state index is 15.5. The number of unbranched alkanes of at least 4 members (excludes halogenated alkanes) is 1. The van der Waals surface area contributed by atoms with E-state index in [0.717, 1.165) is 45.7 Å². The third kappa shape index (κ3) is 6.17. The molecule has 1 aromatic heterocycles. The second-order valence-electron chi connectivity index (χ2n) is 10.1. The molecule has 5 nitrogen and oxygen atoms in total. The molecule has 3 aromatic carbocycles. The minimum absolute atomic E-state index is 0.102. The van der Waals surface area contributed by atoms with Crippen LogP contribution < -0.4 is 16.0 Å². The smallest absolute Gasteiger partial charge is 0.416 e. The lowest BCUT2D eigenvalue weighted by Crippen LogP contribution is -2.43. The first-order valence-corrected chi connectivity index (χ1v) is 13.6. The van der Waals surface area contributed by atoms with E-state index in [2.05, 4.69) is 0 Å². The number of aromatic nitrogens is 2. The highest BCUT2D eigenvalue weighted by Gasteiger charge is 2.35. The quantitative estimate of drug-likeness (QED) is 0.183. The summed E-state index contributed by atoms with van der Waals surface area (Å²) in [6, 6.07) is 15.9. The van der Waals surface area contributed by atoms with Gasteiger partial charge in [-0.15, -0.1) is 0 Å². The van der Waals surface area contributed by atoms with Crippen LogP contribution in [0, 0.1) is 18.6 Å².